The summed E-state index contributed by atoms with van der Waals surface area (Å²) in [5.41, 5.74) is 1.44. The lowest BCUT2D eigenvalue weighted by atomic mass is 9.84. The number of rotatable bonds is 1. The average molecular weight is 154 g/mol. The highest BCUT2D eigenvalue weighted by Gasteiger charge is 2.21. The molecule has 1 nitrogen and oxygen atoms in total. The molecular weight excluding hydrogens is 136 g/mol. The van der Waals surface area contributed by atoms with Crippen molar-refractivity contribution in [2.24, 2.45) is 5.41 Å². The minimum Gasteiger partial charge on any atom is -0.388 e. The third kappa shape index (κ3) is 2.33. The molecule has 1 unspecified atom stereocenters. The number of allylic oxidation sites excluding steroid dienone is 1. The zero-order chi connectivity index (χ0) is 8.48. The number of hydrogen-bond acceptors (Lipinski definition) is 1. The molecule has 1 N–H and O–H groups in total. The molecule has 1 aliphatic rings. The fourth-order valence-electron chi connectivity index (χ4n) is 1.02. The van der Waals surface area contributed by atoms with Crippen molar-refractivity contribution < 1.29 is 5.11 Å². The Morgan fingerprint density at radius 3 is 2.18 bits per heavy atom. The van der Waals surface area contributed by atoms with Crippen LogP contribution in [0.2, 0.25) is 0 Å². The van der Waals surface area contributed by atoms with E-state index in [-0.39, 0.29) is 11.5 Å². The fourth-order valence-corrected chi connectivity index (χ4v) is 1.02. The predicted molar refractivity (Wildman–Crippen MR) is 47.4 cm³/mol. The van der Waals surface area contributed by atoms with Crippen molar-refractivity contribution in [2.75, 3.05) is 0 Å². The van der Waals surface area contributed by atoms with Crippen LogP contribution >= 0.6 is 0 Å². The van der Waals surface area contributed by atoms with Gasteiger partial charge in [0.05, 0.1) is 6.10 Å². The van der Waals surface area contributed by atoms with E-state index in [1.807, 2.05) is 6.08 Å². The van der Waals surface area contributed by atoms with E-state index in [1.165, 1.54) is 24.8 Å². The SMILES string of the molecule is CC(C)(C)C(O)C=C1CCC1. The molecule has 1 fully saturated rings. The van der Waals surface area contributed by atoms with Crippen molar-refractivity contribution in [1.82, 2.24) is 0 Å². The molecule has 1 rings (SSSR count). The summed E-state index contributed by atoms with van der Waals surface area (Å²) in [7, 11) is 0. The Hall–Kier alpha value is -0.300. The maximum absolute atomic E-state index is 9.64. The van der Waals surface area contributed by atoms with Crippen LogP contribution in [0.3, 0.4) is 0 Å². The summed E-state index contributed by atoms with van der Waals surface area (Å²) in [6.45, 7) is 6.19. The Kier molecular flexibility index (Phi) is 2.38. The van der Waals surface area contributed by atoms with Gasteiger partial charge in [-0.1, -0.05) is 32.4 Å². The minimum absolute atomic E-state index is 0.00257. The van der Waals surface area contributed by atoms with Crippen LogP contribution in [0.1, 0.15) is 40.0 Å². The van der Waals surface area contributed by atoms with Crippen LogP contribution in [0.15, 0.2) is 11.6 Å². The molecule has 1 heteroatoms. The molecule has 0 radical (unpaired) electrons. The first-order chi connectivity index (χ1) is 5.00. The maximum Gasteiger partial charge on any atom is 0.0771 e. The standard InChI is InChI=1S/C10H18O/c1-10(2,3)9(11)7-8-5-4-6-8/h7,9,11H,4-6H2,1-3H3. The summed E-state index contributed by atoms with van der Waals surface area (Å²) in [6.07, 6.45) is 5.48. The van der Waals surface area contributed by atoms with Crippen LogP contribution in [-0.4, -0.2) is 11.2 Å². The zero-order valence-corrected chi connectivity index (χ0v) is 7.72. The second kappa shape index (κ2) is 2.98. The molecule has 11 heavy (non-hydrogen) atoms. The molecule has 1 saturated carbocycles. The molecule has 0 heterocycles. The highest BCUT2D eigenvalue weighted by Crippen LogP contribution is 2.29. The van der Waals surface area contributed by atoms with Gasteiger partial charge in [0.15, 0.2) is 0 Å². The third-order valence-electron chi connectivity index (χ3n) is 2.28. The second-order valence-electron chi connectivity index (χ2n) is 4.49. The van der Waals surface area contributed by atoms with Gasteiger partial charge in [0, 0.05) is 0 Å². The summed E-state index contributed by atoms with van der Waals surface area (Å²) < 4.78 is 0. The van der Waals surface area contributed by atoms with Gasteiger partial charge in [-0.05, 0) is 24.7 Å². The average Bonchev–Trinajstić information content (AvgIpc) is 1.75. The van der Waals surface area contributed by atoms with Crippen LogP contribution in [0.25, 0.3) is 0 Å². The van der Waals surface area contributed by atoms with Gasteiger partial charge < -0.3 is 5.11 Å². The lowest BCUT2D eigenvalue weighted by Crippen LogP contribution is -2.24. The lowest BCUT2D eigenvalue weighted by Gasteiger charge is -2.26. The van der Waals surface area contributed by atoms with Gasteiger partial charge in [0.25, 0.3) is 0 Å². The quantitative estimate of drug-likeness (QED) is 0.575. The molecule has 1 aliphatic carbocycles. The van der Waals surface area contributed by atoms with Crippen molar-refractivity contribution in [3.05, 3.63) is 11.6 Å². The van der Waals surface area contributed by atoms with Crippen LogP contribution in [0, 0.1) is 5.41 Å². The molecular formula is C10H18O. The number of aliphatic hydroxyl groups is 1. The summed E-state index contributed by atoms with van der Waals surface area (Å²) >= 11 is 0. The fraction of sp³-hybridized carbons (Fsp3) is 0.800. The molecule has 0 bridgehead atoms. The number of hydrogen-bond donors (Lipinski definition) is 1. The lowest BCUT2D eigenvalue weighted by molar-refractivity contribution is 0.104. The second-order valence-corrected chi connectivity index (χ2v) is 4.49. The normalized spacial score (nSPS) is 20.9. The first-order valence-electron chi connectivity index (χ1n) is 4.38. The monoisotopic (exact) mass is 154 g/mol. The minimum atomic E-state index is -0.266. The Labute approximate surface area is 69.1 Å². The van der Waals surface area contributed by atoms with E-state index in [9.17, 15) is 5.11 Å². The van der Waals surface area contributed by atoms with E-state index in [4.69, 9.17) is 0 Å². The van der Waals surface area contributed by atoms with Crippen molar-refractivity contribution in [3.8, 4) is 0 Å². The van der Waals surface area contributed by atoms with E-state index in [0.717, 1.165) is 0 Å². The van der Waals surface area contributed by atoms with Crippen molar-refractivity contribution in [3.63, 3.8) is 0 Å². The van der Waals surface area contributed by atoms with Gasteiger partial charge in [-0.2, -0.15) is 0 Å². The summed E-state index contributed by atoms with van der Waals surface area (Å²) in [5, 5.41) is 9.64. The van der Waals surface area contributed by atoms with Gasteiger partial charge in [0.2, 0.25) is 0 Å². The summed E-state index contributed by atoms with van der Waals surface area (Å²) in [5.74, 6) is 0. The van der Waals surface area contributed by atoms with E-state index in [1.54, 1.807) is 0 Å². The highest BCUT2D eigenvalue weighted by atomic mass is 16.3. The molecule has 0 aromatic carbocycles. The third-order valence-corrected chi connectivity index (χ3v) is 2.28. The van der Waals surface area contributed by atoms with E-state index < -0.39 is 0 Å². The summed E-state index contributed by atoms with van der Waals surface area (Å²) in [6, 6.07) is 0. The van der Waals surface area contributed by atoms with Crippen LogP contribution in [-0.2, 0) is 0 Å². The molecule has 0 aromatic heterocycles. The van der Waals surface area contributed by atoms with Gasteiger partial charge in [-0.3, -0.25) is 0 Å². The van der Waals surface area contributed by atoms with Gasteiger partial charge in [0.1, 0.15) is 0 Å². The highest BCUT2D eigenvalue weighted by molar-refractivity contribution is 5.13. The predicted octanol–water partition coefficient (Wildman–Crippen LogP) is 2.50. The van der Waals surface area contributed by atoms with Gasteiger partial charge in [-0.25, -0.2) is 0 Å². The van der Waals surface area contributed by atoms with Crippen molar-refractivity contribution in [1.29, 1.82) is 0 Å². The van der Waals surface area contributed by atoms with Crippen LogP contribution < -0.4 is 0 Å². The summed E-state index contributed by atoms with van der Waals surface area (Å²) in [4.78, 5) is 0. The van der Waals surface area contributed by atoms with Gasteiger partial charge >= 0.3 is 0 Å². The van der Waals surface area contributed by atoms with Crippen LogP contribution in [0.4, 0.5) is 0 Å². The number of aliphatic hydroxyl groups excluding tert-OH is 1. The van der Waals surface area contributed by atoms with E-state index in [0.29, 0.717) is 0 Å². The Morgan fingerprint density at radius 1 is 1.36 bits per heavy atom. The Morgan fingerprint density at radius 2 is 1.91 bits per heavy atom. The zero-order valence-electron chi connectivity index (χ0n) is 7.72. The smallest absolute Gasteiger partial charge is 0.0771 e. The molecule has 1 atom stereocenters. The largest absolute Gasteiger partial charge is 0.388 e. The molecule has 0 aliphatic heterocycles. The first kappa shape index (κ1) is 8.79. The van der Waals surface area contributed by atoms with E-state index in [2.05, 4.69) is 20.8 Å². The molecule has 0 aromatic rings. The molecule has 0 amide bonds. The molecule has 64 valence electrons. The topological polar surface area (TPSA) is 20.2 Å². The van der Waals surface area contributed by atoms with Crippen molar-refractivity contribution in [2.45, 2.75) is 46.1 Å². The van der Waals surface area contributed by atoms with E-state index >= 15 is 0 Å². The van der Waals surface area contributed by atoms with Gasteiger partial charge in [-0.15, -0.1) is 0 Å². The maximum atomic E-state index is 9.64. The Bertz CT molecular complexity index is 156. The van der Waals surface area contributed by atoms with Crippen LogP contribution in [0.5, 0.6) is 0 Å². The Balaban J connectivity index is 2.48. The molecule has 0 spiro atoms. The van der Waals surface area contributed by atoms with Crippen molar-refractivity contribution >= 4 is 0 Å². The molecule has 0 saturated heterocycles. The first-order valence-corrected chi connectivity index (χ1v) is 4.38.